The molecule has 1 spiro atoms. The van der Waals surface area contributed by atoms with Crippen LogP contribution in [0.3, 0.4) is 0 Å². The van der Waals surface area contributed by atoms with E-state index in [0.717, 1.165) is 25.1 Å². The molecule has 0 saturated carbocycles. The Hall–Kier alpha value is -1.35. The molecule has 0 radical (unpaired) electrons. The Morgan fingerprint density at radius 3 is 2.79 bits per heavy atom. The first kappa shape index (κ1) is 8.00. The Balaban J connectivity index is 2.03. The minimum absolute atomic E-state index is 0.127. The van der Waals surface area contributed by atoms with Crippen LogP contribution in [-0.2, 0) is 11.2 Å². The number of rotatable bonds is 0. The summed E-state index contributed by atoms with van der Waals surface area (Å²) in [6.45, 7) is 0.954. The van der Waals surface area contributed by atoms with Gasteiger partial charge in [0.1, 0.15) is 5.54 Å². The lowest BCUT2D eigenvalue weighted by Crippen LogP contribution is -2.66. The third-order valence-electron chi connectivity index (χ3n) is 3.21. The van der Waals surface area contributed by atoms with Crippen molar-refractivity contribution in [1.29, 1.82) is 0 Å². The molecule has 14 heavy (non-hydrogen) atoms. The zero-order valence-electron chi connectivity index (χ0n) is 7.84. The first-order valence-corrected chi connectivity index (χ1v) is 4.95. The first-order chi connectivity index (χ1) is 6.80. The average molecular weight is 188 g/mol. The molecule has 72 valence electrons. The van der Waals surface area contributed by atoms with Gasteiger partial charge in [0.2, 0.25) is 5.91 Å². The molecule has 0 aromatic heterocycles. The number of anilines is 1. The Kier molecular flexibility index (Phi) is 1.47. The normalized spacial score (nSPS) is 29.3. The molecule has 2 heterocycles. The van der Waals surface area contributed by atoms with Crippen molar-refractivity contribution in [3.8, 4) is 0 Å². The average Bonchev–Trinajstić information content (AvgIpc) is 2.14. The fraction of sp³-hybridized carbons (Fsp3) is 0.364. The lowest BCUT2D eigenvalue weighted by atomic mass is 9.78. The van der Waals surface area contributed by atoms with E-state index in [1.54, 1.807) is 0 Å². The number of benzene rings is 1. The lowest BCUT2D eigenvalue weighted by Gasteiger charge is -2.44. The molecule has 1 aromatic carbocycles. The van der Waals surface area contributed by atoms with E-state index >= 15 is 0 Å². The molecule has 2 aliphatic heterocycles. The molecule has 2 N–H and O–H groups in total. The maximum absolute atomic E-state index is 11.8. The van der Waals surface area contributed by atoms with Crippen molar-refractivity contribution >= 4 is 11.6 Å². The van der Waals surface area contributed by atoms with E-state index in [0.29, 0.717) is 0 Å². The summed E-state index contributed by atoms with van der Waals surface area (Å²) in [5.41, 5.74) is 1.91. The van der Waals surface area contributed by atoms with Gasteiger partial charge in [0.05, 0.1) is 0 Å². The zero-order valence-corrected chi connectivity index (χ0v) is 7.84. The molecule has 0 bridgehead atoms. The Bertz CT molecular complexity index is 396. The summed E-state index contributed by atoms with van der Waals surface area (Å²) >= 11 is 0. The minimum atomic E-state index is -0.297. The molecule has 3 nitrogen and oxygen atoms in total. The Morgan fingerprint density at radius 1 is 1.29 bits per heavy atom. The highest BCUT2D eigenvalue weighted by molar-refractivity contribution is 6.01. The van der Waals surface area contributed by atoms with Gasteiger partial charge in [-0.3, -0.25) is 4.79 Å². The van der Waals surface area contributed by atoms with Crippen LogP contribution in [0.4, 0.5) is 5.69 Å². The van der Waals surface area contributed by atoms with Crippen LogP contribution in [0.2, 0.25) is 0 Å². The molecular formula is C11H12N2O. The van der Waals surface area contributed by atoms with Gasteiger partial charge in [-0.15, -0.1) is 0 Å². The van der Waals surface area contributed by atoms with E-state index in [1.807, 2.05) is 18.2 Å². The monoisotopic (exact) mass is 188 g/mol. The highest BCUT2D eigenvalue weighted by Crippen LogP contribution is 2.33. The molecule has 3 rings (SSSR count). The van der Waals surface area contributed by atoms with E-state index < -0.39 is 0 Å². The van der Waals surface area contributed by atoms with Gasteiger partial charge >= 0.3 is 0 Å². The third-order valence-corrected chi connectivity index (χ3v) is 3.21. The van der Waals surface area contributed by atoms with E-state index in [-0.39, 0.29) is 11.4 Å². The summed E-state index contributed by atoms with van der Waals surface area (Å²) in [5.74, 6) is 0.127. The van der Waals surface area contributed by atoms with Crippen LogP contribution >= 0.6 is 0 Å². The molecule has 3 heteroatoms. The van der Waals surface area contributed by atoms with Crippen molar-refractivity contribution in [2.75, 3.05) is 11.9 Å². The topological polar surface area (TPSA) is 41.1 Å². The second-order valence-electron chi connectivity index (χ2n) is 4.05. The molecule has 1 aromatic rings. The van der Waals surface area contributed by atoms with Gasteiger partial charge in [0.15, 0.2) is 0 Å². The third kappa shape index (κ3) is 0.930. The summed E-state index contributed by atoms with van der Waals surface area (Å²) in [6, 6.07) is 8.00. The van der Waals surface area contributed by atoms with Crippen molar-refractivity contribution in [1.82, 2.24) is 5.32 Å². The number of carbonyl (C=O) groups excluding carboxylic acids is 1. The van der Waals surface area contributed by atoms with Gasteiger partial charge in [-0.25, -0.2) is 0 Å². The number of fused-ring (bicyclic) bond motifs is 1. The fourth-order valence-corrected chi connectivity index (χ4v) is 2.22. The second-order valence-corrected chi connectivity index (χ2v) is 4.05. The summed E-state index contributed by atoms with van der Waals surface area (Å²) in [7, 11) is 0. The van der Waals surface area contributed by atoms with Crippen molar-refractivity contribution in [3.63, 3.8) is 0 Å². The fourth-order valence-electron chi connectivity index (χ4n) is 2.22. The molecule has 1 fully saturated rings. The predicted octanol–water partition coefficient (Wildman–Crippen LogP) is 0.913. The van der Waals surface area contributed by atoms with Gasteiger partial charge in [0, 0.05) is 12.1 Å². The van der Waals surface area contributed by atoms with Crippen molar-refractivity contribution < 1.29 is 4.79 Å². The van der Waals surface area contributed by atoms with Crippen molar-refractivity contribution in [2.24, 2.45) is 0 Å². The number of amides is 1. The SMILES string of the molecule is O=C1Nc2ccccc2CC12CCN2. The van der Waals surface area contributed by atoms with Crippen LogP contribution in [0.25, 0.3) is 0 Å². The van der Waals surface area contributed by atoms with E-state index in [2.05, 4.69) is 16.7 Å². The van der Waals surface area contributed by atoms with E-state index in [1.165, 1.54) is 5.56 Å². The second kappa shape index (κ2) is 2.58. The van der Waals surface area contributed by atoms with E-state index in [4.69, 9.17) is 0 Å². The molecule has 1 amide bonds. The van der Waals surface area contributed by atoms with Crippen LogP contribution in [0.1, 0.15) is 12.0 Å². The van der Waals surface area contributed by atoms with E-state index in [9.17, 15) is 4.79 Å². The van der Waals surface area contributed by atoms with Crippen LogP contribution in [0.5, 0.6) is 0 Å². The first-order valence-electron chi connectivity index (χ1n) is 4.95. The number of para-hydroxylation sites is 1. The van der Waals surface area contributed by atoms with Crippen LogP contribution < -0.4 is 10.6 Å². The number of carbonyl (C=O) groups is 1. The summed E-state index contributed by atoms with van der Waals surface area (Å²) in [4.78, 5) is 11.8. The highest BCUT2D eigenvalue weighted by Gasteiger charge is 2.46. The molecule has 1 unspecified atom stereocenters. The molecule has 1 atom stereocenters. The highest BCUT2D eigenvalue weighted by atomic mass is 16.2. The number of nitrogens with one attached hydrogen (secondary N) is 2. The van der Waals surface area contributed by atoms with Crippen molar-refractivity contribution in [3.05, 3.63) is 29.8 Å². The van der Waals surface area contributed by atoms with Crippen molar-refractivity contribution in [2.45, 2.75) is 18.4 Å². The van der Waals surface area contributed by atoms with Crippen LogP contribution in [-0.4, -0.2) is 18.0 Å². The number of hydrogen-bond donors (Lipinski definition) is 2. The summed E-state index contributed by atoms with van der Waals surface area (Å²) in [6.07, 6.45) is 1.78. The number of hydrogen-bond acceptors (Lipinski definition) is 2. The minimum Gasteiger partial charge on any atom is -0.324 e. The molecule has 2 aliphatic rings. The zero-order chi connectivity index (χ0) is 9.60. The molecule has 1 saturated heterocycles. The smallest absolute Gasteiger partial charge is 0.245 e. The van der Waals surface area contributed by atoms with Gasteiger partial charge in [-0.1, -0.05) is 18.2 Å². The molecular weight excluding hydrogens is 176 g/mol. The largest absolute Gasteiger partial charge is 0.324 e. The predicted molar refractivity (Wildman–Crippen MR) is 54.1 cm³/mol. The standard InChI is InChI=1S/C11H12N2O/c14-10-11(5-6-12-11)7-8-3-1-2-4-9(8)13-10/h1-4,12H,5-7H2,(H,13,14). The van der Waals surface area contributed by atoms with Gasteiger partial charge < -0.3 is 10.6 Å². The maximum atomic E-state index is 11.8. The lowest BCUT2D eigenvalue weighted by molar-refractivity contribution is -0.125. The quantitative estimate of drug-likeness (QED) is 0.635. The van der Waals surface area contributed by atoms with Gasteiger partial charge in [0.25, 0.3) is 0 Å². The summed E-state index contributed by atoms with van der Waals surface area (Å²) in [5, 5.41) is 6.19. The Labute approximate surface area is 82.5 Å². The van der Waals surface area contributed by atoms with Gasteiger partial charge in [-0.2, -0.15) is 0 Å². The van der Waals surface area contributed by atoms with Crippen LogP contribution in [0, 0.1) is 0 Å². The van der Waals surface area contributed by atoms with Gasteiger partial charge in [-0.05, 0) is 24.6 Å². The molecule has 0 aliphatic carbocycles. The van der Waals surface area contributed by atoms with Crippen LogP contribution in [0.15, 0.2) is 24.3 Å². The Morgan fingerprint density at radius 2 is 2.07 bits per heavy atom. The summed E-state index contributed by atoms with van der Waals surface area (Å²) < 4.78 is 0. The maximum Gasteiger partial charge on any atom is 0.245 e.